The van der Waals surface area contributed by atoms with Gasteiger partial charge in [0.15, 0.2) is 5.82 Å². The Kier molecular flexibility index (Phi) is 5.18. The van der Waals surface area contributed by atoms with Crippen LogP contribution in [0.4, 0.5) is 21.6 Å². The van der Waals surface area contributed by atoms with Gasteiger partial charge in [0.1, 0.15) is 12.1 Å². The molecule has 0 radical (unpaired) electrons. The molecule has 1 saturated carbocycles. The van der Waals surface area contributed by atoms with Gasteiger partial charge in [0.05, 0.1) is 57.4 Å². The summed E-state index contributed by atoms with van der Waals surface area (Å²) >= 11 is 5.94. The van der Waals surface area contributed by atoms with Crippen molar-refractivity contribution in [2.24, 2.45) is 11.3 Å². The van der Waals surface area contributed by atoms with E-state index in [1.165, 1.54) is 24.5 Å². The van der Waals surface area contributed by atoms with Crippen LogP contribution in [0, 0.1) is 29.0 Å². The molecular formula is C30H28ClFN6O3. The zero-order valence-electron chi connectivity index (χ0n) is 29.6. The van der Waals surface area contributed by atoms with Crippen molar-refractivity contribution in [3.05, 3.63) is 65.2 Å². The van der Waals surface area contributed by atoms with E-state index in [9.17, 15) is 14.0 Å². The van der Waals surface area contributed by atoms with Crippen molar-refractivity contribution in [1.82, 2.24) is 19.8 Å². The minimum atomic E-state index is -3.22. The lowest BCUT2D eigenvalue weighted by Gasteiger charge is -2.25. The third-order valence-electron chi connectivity index (χ3n) is 6.97. The van der Waals surface area contributed by atoms with E-state index in [1.807, 2.05) is 0 Å². The fraction of sp³-hybridized carbons (Fsp3) is 0.333. The molecule has 3 aliphatic rings. The number of fused-ring (bicyclic) bond motifs is 2. The number of ether oxygens (including phenoxy) is 1. The molecule has 41 heavy (non-hydrogen) atoms. The molecule has 210 valence electrons. The standard InChI is InChI=1S/C30H28ClFN6O3/c1-37-17-30(16-21(30)29(37)40)8-7-19-14-25-20(28(34-18-33-25)36-23-5-2-4-22(31)27(23)32)15-24(19)35-26(39)6-3-9-38-10-12-41-13-11-38/h2-6,14-15,18,21H,9-13,16-17H2,1H3,(H,35,39)(H,33,34,36)/b6-3+/t21-,30+/m1/s1/i10D2,11D2,12D2,13D2. The largest absolute Gasteiger partial charge is 0.379 e. The number of morpholine rings is 1. The Balaban J connectivity index is 1.33. The summed E-state index contributed by atoms with van der Waals surface area (Å²) in [6.45, 7) is -12.9. The first-order chi connectivity index (χ1) is 22.8. The summed E-state index contributed by atoms with van der Waals surface area (Å²) in [7, 11) is 1.70. The molecule has 0 spiro atoms. The van der Waals surface area contributed by atoms with Crippen molar-refractivity contribution in [3.8, 4) is 11.8 Å². The highest BCUT2D eigenvalue weighted by Gasteiger charge is 2.64. The van der Waals surface area contributed by atoms with E-state index in [-0.39, 0.29) is 34.0 Å². The molecule has 6 rings (SSSR count). The van der Waals surface area contributed by atoms with Gasteiger partial charge in [-0.15, -0.1) is 0 Å². The number of anilines is 3. The van der Waals surface area contributed by atoms with E-state index >= 15 is 0 Å². The fourth-order valence-corrected chi connectivity index (χ4v) is 4.99. The normalized spacial score (nSPS) is 29.8. The molecule has 2 saturated heterocycles. The Labute approximate surface area is 253 Å². The molecule has 11 heteroatoms. The van der Waals surface area contributed by atoms with Gasteiger partial charge >= 0.3 is 0 Å². The Morgan fingerprint density at radius 3 is 2.93 bits per heavy atom. The molecule has 2 atom stereocenters. The third-order valence-corrected chi connectivity index (χ3v) is 7.26. The topological polar surface area (TPSA) is 99.7 Å². The van der Waals surface area contributed by atoms with E-state index < -0.39 is 49.8 Å². The predicted octanol–water partition coefficient (Wildman–Crippen LogP) is 3.82. The van der Waals surface area contributed by atoms with Gasteiger partial charge in [0, 0.05) is 50.1 Å². The molecule has 1 aliphatic carbocycles. The van der Waals surface area contributed by atoms with E-state index in [4.69, 9.17) is 22.6 Å². The quantitative estimate of drug-likeness (QED) is 0.337. The molecule has 1 aromatic heterocycles. The maximum Gasteiger partial charge on any atom is 0.248 e. The Morgan fingerprint density at radius 1 is 1.32 bits per heavy atom. The maximum atomic E-state index is 14.7. The summed E-state index contributed by atoms with van der Waals surface area (Å²) in [6, 6.07) is 7.52. The zero-order valence-corrected chi connectivity index (χ0v) is 22.3. The molecule has 3 aromatic rings. The van der Waals surface area contributed by atoms with Gasteiger partial charge in [-0.25, -0.2) is 14.4 Å². The minimum absolute atomic E-state index is 0.0124. The number of nitrogens with zero attached hydrogens (tertiary/aromatic N) is 4. The summed E-state index contributed by atoms with van der Waals surface area (Å²) in [5.74, 6) is 4.78. The van der Waals surface area contributed by atoms with E-state index in [0.717, 1.165) is 12.2 Å². The maximum absolute atomic E-state index is 14.7. The number of carbonyl (C=O) groups is 2. The number of halogens is 2. The van der Waals surface area contributed by atoms with Gasteiger partial charge in [0.2, 0.25) is 11.8 Å². The van der Waals surface area contributed by atoms with Crippen LogP contribution < -0.4 is 10.6 Å². The average molecular weight is 583 g/mol. The highest BCUT2D eigenvalue weighted by atomic mass is 35.5. The number of likely N-dealkylation sites (tertiary alicyclic amines) is 1. The van der Waals surface area contributed by atoms with Crippen LogP contribution in [0.1, 0.15) is 23.0 Å². The lowest BCUT2D eigenvalue weighted by atomic mass is 10.0. The fourth-order valence-electron chi connectivity index (χ4n) is 4.82. The van der Waals surface area contributed by atoms with Crippen molar-refractivity contribution in [3.63, 3.8) is 0 Å². The molecule has 2 aromatic carbocycles. The average Bonchev–Trinajstić information content (AvgIpc) is 3.66. The lowest BCUT2D eigenvalue weighted by molar-refractivity contribution is -0.128. The summed E-state index contributed by atoms with van der Waals surface area (Å²) in [5.41, 5.74) is 0.418. The van der Waals surface area contributed by atoms with Crippen LogP contribution in [-0.4, -0.2) is 77.8 Å². The second-order valence-corrected chi connectivity index (χ2v) is 10.2. The predicted molar refractivity (Wildman–Crippen MR) is 154 cm³/mol. The Bertz CT molecular complexity index is 1960. The number of carbonyl (C=O) groups excluding carboxylic acids is 2. The first kappa shape index (κ1) is 19.1. The second kappa shape index (κ2) is 11.1. The number of benzene rings is 2. The molecule has 2 N–H and O–H groups in total. The molecule has 2 amide bonds. The van der Waals surface area contributed by atoms with Crippen molar-refractivity contribution in [1.29, 1.82) is 0 Å². The van der Waals surface area contributed by atoms with Crippen LogP contribution in [0.5, 0.6) is 0 Å². The monoisotopic (exact) mass is 582 g/mol. The molecule has 9 nitrogen and oxygen atoms in total. The van der Waals surface area contributed by atoms with Crippen molar-refractivity contribution in [2.75, 3.05) is 56.9 Å². The summed E-state index contributed by atoms with van der Waals surface area (Å²) in [6.07, 6.45) is 3.89. The lowest BCUT2D eigenvalue weighted by Crippen LogP contribution is -2.36. The number of piperidine rings is 1. The van der Waals surface area contributed by atoms with E-state index in [2.05, 4.69) is 37.2 Å². The molecule has 0 unspecified atom stereocenters. The number of rotatable bonds is 6. The van der Waals surface area contributed by atoms with Crippen molar-refractivity contribution < 1.29 is 29.7 Å². The SMILES string of the molecule is [2H]C1([2H])OC([2H])([2H])C([2H])([2H])N(C/C=C/C(=O)Nc2cc3c(Nc4cccc(Cl)c4F)ncnc3cc2C#C[C@@]23C[C@@H]2C(=O)N(C)C3)C1([2H])[2H]. The Hall–Kier alpha value is -4.04. The van der Waals surface area contributed by atoms with Gasteiger partial charge in [-0.05, 0) is 30.7 Å². The number of amides is 2. The van der Waals surface area contributed by atoms with Crippen LogP contribution >= 0.6 is 11.6 Å². The van der Waals surface area contributed by atoms with Crippen molar-refractivity contribution in [2.45, 2.75) is 6.42 Å². The smallest absolute Gasteiger partial charge is 0.248 e. The number of hydrogen-bond donors (Lipinski definition) is 2. The van der Waals surface area contributed by atoms with Gasteiger partial charge in [0.25, 0.3) is 0 Å². The van der Waals surface area contributed by atoms with Gasteiger partial charge < -0.3 is 20.3 Å². The first-order valence-electron chi connectivity index (χ1n) is 16.5. The molecule has 3 heterocycles. The highest BCUT2D eigenvalue weighted by Crippen LogP contribution is 2.57. The molecule has 3 fully saturated rings. The number of aromatic nitrogens is 2. The second-order valence-electron chi connectivity index (χ2n) is 9.75. The number of hydrogen-bond acceptors (Lipinski definition) is 7. The van der Waals surface area contributed by atoms with Crippen LogP contribution in [-0.2, 0) is 14.3 Å². The zero-order chi connectivity index (χ0) is 35.7. The molecule has 2 aliphatic heterocycles. The summed E-state index contributed by atoms with van der Waals surface area (Å²) < 4.78 is 83.2. The van der Waals surface area contributed by atoms with E-state index in [0.29, 0.717) is 34.3 Å². The number of nitrogens with one attached hydrogen (secondary N) is 2. The van der Waals surface area contributed by atoms with E-state index in [1.54, 1.807) is 24.1 Å². The van der Waals surface area contributed by atoms with Crippen LogP contribution in [0.3, 0.4) is 0 Å². The summed E-state index contributed by atoms with van der Waals surface area (Å²) in [5, 5.41) is 5.83. The van der Waals surface area contributed by atoms with Crippen LogP contribution in [0.15, 0.2) is 48.8 Å². The highest BCUT2D eigenvalue weighted by molar-refractivity contribution is 6.31. The minimum Gasteiger partial charge on any atom is -0.379 e. The van der Waals surface area contributed by atoms with Crippen LogP contribution in [0.25, 0.3) is 10.9 Å². The summed E-state index contributed by atoms with van der Waals surface area (Å²) in [4.78, 5) is 36.1. The van der Waals surface area contributed by atoms with Crippen LogP contribution in [0.2, 0.25) is 5.02 Å². The third kappa shape index (κ3) is 5.61. The van der Waals surface area contributed by atoms with Gasteiger partial charge in [-0.3, -0.25) is 14.5 Å². The van der Waals surface area contributed by atoms with Gasteiger partial charge in [-0.1, -0.05) is 35.6 Å². The molecule has 0 bridgehead atoms. The van der Waals surface area contributed by atoms with Gasteiger partial charge in [-0.2, -0.15) is 0 Å². The Morgan fingerprint density at radius 2 is 2.15 bits per heavy atom. The molecular weight excluding hydrogens is 547 g/mol. The van der Waals surface area contributed by atoms with Crippen molar-refractivity contribution >= 4 is 51.5 Å². The first-order valence-corrected chi connectivity index (χ1v) is 12.9.